The number of rotatable bonds is 5. The molecule has 0 aliphatic carbocycles. The summed E-state index contributed by atoms with van der Waals surface area (Å²) < 4.78 is 1.99. The van der Waals surface area contributed by atoms with Crippen LogP contribution in [-0.2, 0) is 6.54 Å². The van der Waals surface area contributed by atoms with E-state index in [0.29, 0.717) is 12.0 Å². The molecule has 0 radical (unpaired) electrons. The van der Waals surface area contributed by atoms with E-state index in [1.807, 2.05) is 10.9 Å². The predicted octanol–water partition coefficient (Wildman–Crippen LogP) is 2.21. The molecule has 3 nitrogen and oxygen atoms in total. The van der Waals surface area contributed by atoms with Crippen molar-refractivity contribution in [1.29, 1.82) is 0 Å². The summed E-state index contributed by atoms with van der Waals surface area (Å²) in [4.78, 5) is 0. The van der Waals surface area contributed by atoms with E-state index in [1.54, 1.807) is 0 Å². The quantitative estimate of drug-likeness (QED) is 0.780. The second-order valence-electron chi connectivity index (χ2n) is 4.45. The Morgan fingerprint density at radius 1 is 1.36 bits per heavy atom. The molecule has 14 heavy (non-hydrogen) atoms. The molecule has 0 spiro atoms. The van der Waals surface area contributed by atoms with Gasteiger partial charge in [0.15, 0.2) is 0 Å². The van der Waals surface area contributed by atoms with E-state index < -0.39 is 0 Å². The fourth-order valence-corrected chi connectivity index (χ4v) is 1.26. The van der Waals surface area contributed by atoms with E-state index >= 15 is 0 Å². The van der Waals surface area contributed by atoms with E-state index in [2.05, 4.69) is 44.3 Å². The molecule has 3 heteroatoms. The van der Waals surface area contributed by atoms with Crippen LogP contribution in [0.1, 0.15) is 39.3 Å². The highest BCUT2D eigenvalue weighted by Crippen LogP contribution is 2.04. The number of hydrogen-bond acceptors (Lipinski definition) is 2. The van der Waals surface area contributed by atoms with E-state index in [-0.39, 0.29) is 0 Å². The van der Waals surface area contributed by atoms with Crippen molar-refractivity contribution in [2.24, 2.45) is 5.92 Å². The van der Waals surface area contributed by atoms with Crippen LogP contribution in [-0.4, -0.2) is 16.3 Å². The Morgan fingerprint density at radius 3 is 2.57 bits per heavy atom. The van der Waals surface area contributed by atoms with E-state index in [4.69, 9.17) is 0 Å². The number of aromatic nitrogens is 2. The second-order valence-corrected chi connectivity index (χ2v) is 4.45. The van der Waals surface area contributed by atoms with Crippen molar-refractivity contribution in [2.45, 2.75) is 40.3 Å². The van der Waals surface area contributed by atoms with Gasteiger partial charge in [0.2, 0.25) is 0 Å². The van der Waals surface area contributed by atoms with Gasteiger partial charge in [-0.15, -0.1) is 0 Å². The van der Waals surface area contributed by atoms with Gasteiger partial charge in [0, 0.05) is 24.3 Å². The summed E-state index contributed by atoms with van der Waals surface area (Å²) in [7, 11) is 0. The van der Waals surface area contributed by atoms with Crippen LogP contribution in [0.15, 0.2) is 12.4 Å². The molecule has 0 aromatic carbocycles. The van der Waals surface area contributed by atoms with Crippen molar-refractivity contribution in [1.82, 2.24) is 15.1 Å². The normalized spacial score (nSPS) is 11.6. The van der Waals surface area contributed by atoms with Gasteiger partial charge in [-0.05, 0) is 26.3 Å². The highest BCUT2D eigenvalue weighted by atomic mass is 15.3. The Bertz CT molecular complexity index is 263. The Kier molecular flexibility index (Phi) is 4.14. The molecule has 0 aliphatic rings. The molecule has 1 N–H and O–H groups in total. The topological polar surface area (TPSA) is 29.9 Å². The molecule has 0 amide bonds. The van der Waals surface area contributed by atoms with Gasteiger partial charge in [0.05, 0.1) is 6.20 Å². The monoisotopic (exact) mass is 195 g/mol. The third kappa shape index (κ3) is 3.50. The van der Waals surface area contributed by atoms with Gasteiger partial charge in [-0.3, -0.25) is 4.68 Å². The maximum absolute atomic E-state index is 4.29. The molecular formula is C11H21N3. The van der Waals surface area contributed by atoms with Crippen molar-refractivity contribution in [2.75, 3.05) is 6.54 Å². The van der Waals surface area contributed by atoms with Crippen LogP contribution in [0.3, 0.4) is 0 Å². The first-order valence-corrected chi connectivity index (χ1v) is 5.33. The maximum Gasteiger partial charge on any atom is 0.0534 e. The number of nitrogens with one attached hydrogen (secondary N) is 1. The van der Waals surface area contributed by atoms with Gasteiger partial charge in [0.1, 0.15) is 0 Å². The summed E-state index contributed by atoms with van der Waals surface area (Å²) in [6.07, 6.45) is 4.05. The first kappa shape index (κ1) is 11.2. The molecule has 0 saturated heterocycles. The summed E-state index contributed by atoms with van der Waals surface area (Å²) in [6, 6.07) is 0.453. The molecule has 0 atom stereocenters. The van der Waals surface area contributed by atoms with E-state index in [0.717, 1.165) is 13.1 Å². The lowest BCUT2D eigenvalue weighted by Crippen LogP contribution is -2.18. The van der Waals surface area contributed by atoms with Crippen LogP contribution in [0.2, 0.25) is 0 Å². The van der Waals surface area contributed by atoms with Gasteiger partial charge in [-0.25, -0.2) is 0 Å². The molecule has 1 rings (SSSR count). The zero-order chi connectivity index (χ0) is 10.6. The molecule has 80 valence electrons. The first-order valence-electron chi connectivity index (χ1n) is 5.33. The largest absolute Gasteiger partial charge is 0.312 e. The Hall–Kier alpha value is -0.830. The molecule has 0 unspecified atom stereocenters. The Morgan fingerprint density at radius 2 is 2.07 bits per heavy atom. The summed E-state index contributed by atoms with van der Waals surface area (Å²) >= 11 is 0. The third-order valence-corrected chi connectivity index (χ3v) is 2.07. The van der Waals surface area contributed by atoms with Crippen molar-refractivity contribution in [3.05, 3.63) is 18.0 Å². The molecule has 0 aliphatic heterocycles. The average molecular weight is 195 g/mol. The Labute approximate surface area is 86.5 Å². The standard InChI is InChI=1S/C11H21N3/c1-9(2)5-12-6-11-7-13-14(8-11)10(3)4/h7-10,12H,5-6H2,1-4H3. The summed E-state index contributed by atoms with van der Waals surface area (Å²) in [5.74, 6) is 0.704. The molecule has 1 aromatic rings. The fraction of sp³-hybridized carbons (Fsp3) is 0.727. The molecular weight excluding hydrogens is 174 g/mol. The van der Waals surface area contributed by atoms with Gasteiger partial charge in [-0.2, -0.15) is 5.10 Å². The lowest BCUT2D eigenvalue weighted by Gasteiger charge is -2.05. The molecule has 0 saturated carbocycles. The zero-order valence-corrected chi connectivity index (χ0v) is 9.62. The van der Waals surface area contributed by atoms with Gasteiger partial charge < -0.3 is 5.32 Å². The van der Waals surface area contributed by atoms with Crippen molar-refractivity contribution < 1.29 is 0 Å². The molecule has 1 aromatic heterocycles. The van der Waals surface area contributed by atoms with Crippen LogP contribution in [0.25, 0.3) is 0 Å². The number of hydrogen-bond donors (Lipinski definition) is 1. The highest BCUT2D eigenvalue weighted by Gasteiger charge is 2.01. The minimum Gasteiger partial charge on any atom is -0.312 e. The van der Waals surface area contributed by atoms with E-state index in [9.17, 15) is 0 Å². The SMILES string of the molecule is CC(C)CNCc1cnn(C(C)C)c1. The molecule has 0 fully saturated rings. The van der Waals surface area contributed by atoms with Crippen LogP contribution in [0.4, 0.5) is 0 Å². The minimum atomic E-state index is 0.453. The highest BCUT2D eigenvalue weighted by molar-refractivity contribution is 5.03. The summed E-state index contributed by atoms with van der Waals surface area (Å²) in [6.45, 7) is 10.7. The fourth-order valence-electron chi connectivity index (χ4n) is 1.26. The summed E-state index contributed by atoms with van der Waals surface area (Å²) in [5.41, 5.74) is 1.26. The first-order chi connectivity index (χ1) is 6.59. The van der Waals surface area contributed by atoms with Crippen LogP contribution in [0.5, 0.6) is 0 Å². The van der Waals surface area contributed by atoms with E-state index in [1.165, 1.54) is 5.56 Å². The Balaban J connectivity index is 2.36. The summed E-state index contributed by atoms with van der Waals surface area (Å²) in [5, 5.41) is 7.69. The minimum absolute atomic E-state index is 0.453. The average Bonchev–Trinajstić information content (AvgIpc) is 2.52. The lowest BCUT2D eigenvalue weighted by atomic mass is 10.2. The van der Waals surface area contributed by atoms with Crippen LogP contribution < -0.4 is 5.32 Å². The predicted molar refractivity (Wildman–Crippen MR) is 59.2 cm³/mol. The second kappa shape index (κ2) is 5.15. The van der Waals surface area contributed by atoms with Crippen LogP contribution >= 0.6 is 0 Å². The smallest absolute Gasteiger partial charge is 0.0534 e. The third-order valence-electron chi connectivity index (χ3n) is 2.07. The van der Waals surface area contributed by atoms with Gasteiger partial charge in [0.25, 0.3) is 0 Å². The van der Waals surface area contributed by atoms with Crippen molar-refractivity contribution >= 4 is 0 Å². The zero-order valence-electron chi connectivity index (χ0n) is 9.62. The van der Waals surface area contributed by atoms with Gasteiger partial charge >= 0.3 is 0 Å². The van der Waals surface area contributed by atoms with Crippen molar-refractivity contribution in [3.8, 4) is 0 Å². The van der Waals surface area contributed by atoms with Crippen LogP contribution in [0, 0.1) is 5.92 Å². The maximum atomic E-state index is 4.29. The van der Waals surface area contributed by atoms with Gasteiger partial charge in [-0.1, -0.05) is 13.8 Å². The van der Waals surface area contributed by atoms with Crippen molar-refractivity contribution in [3.63, 3.8) is 0 Å². The lowest BCUT2D eigenvalue weighted by molar-refractivity contribution is 0.529. The molecule has 0 bridgehead atoms. The number of nitrogens with zero attached hydrogens (tertiary/aromatic N) is 2. The molecule has 1 heterocycles.